The van der Waals surface area contributed by atoms with Gasteiger partial charge in [0.05, 0.1) is 33.0 Å². The zero-order chi connectivity index (χ0) is 29.2. The molecule has 10 heteroatoms. The fraction of sp³-hybridized carbons (Fsp3) is 0.613. The summed E-state index contributed by atoms with van der Waals surface area (Å²) < 4.78 is 15.9. The number of hydrogen-bond donors (Lipinski definition) is 3. The first-order chi connectivity index (χ1) is 19.6. The van der Waals surface area contributed by atoms with E-state index >= 15 is 0 Å². The Morgan fingerprint density at radius 3 is 2.22 bits per heavy atom. The highest BCUT2D eigenvalue weighted by Gasteiger charge is 2.52. The van der Waals surface area contributed by atoms with Crippen LogP contribution in [0.25, 0.3) is 0 Å². The Bertz CT molecular complexity index is 1190. The van der Waals surface area contributed by atoms with Gasteiger partial charge in [-0.05, 0) is 70.1 Å². The van der Waals surface area contributed by atoms with E-state index in [-0.39, 0.29) is 29.4 Å². The quantitative estimate of drug-likeness (QED) is 0.245. The lowest BCUT2D eigenvalue weighted by molar-refractivity contribution is -0.184. The third-order valence-corrected chi connectivity index (χ3v) is 8.86. The number of carbonyl (C=O) groups is 4. The topological polar surface area (TPSA) is 135 Å². The van der Waals surface area contributed by atoms with E-state index in [0.717, 1.165) is 43.2 Å². The van der Waals surface area contributed by atoms with Crippen LogP contribution in [0, 0.1) is 11.3 Å². The Hall–Kier alpha value is -3.24. The molecule has 5 rings (SSSR count). The van der Waals surface area contributed by atoms with Crippen LogP contribution >= 0.6 is 0 Å². The van der Waals surface area contributed by atoms with Gasteiger partial charge in [-0.25, -0.2) is 0 Å². The van der Waals surface area contributed by atoms with Crippen molar-refractivity contribution < 1.29 is 33.4 Å². The minimum absolute atomic E-state index is 0.129. The molecule has 1 saturated carbocycles. The molecule has 41 heavy (non-hydrogen) atoms. The van der Waals surface area contributed by atoms with Gasteiger partial charge in [-0.15, -0.1) is 0 Å². The fourth-order valence-electron chi connectivity index (χ4n) is 5.98. The number of methoxy groups -OCH3 is 1. The number of Topliss-reactive ketones (excluding diaryl/α,β-unsaturated/α-hetero) is 1. The van der Waals surface area contributed by atoms with Gasteiger partial charge in [-0.3, -0.25) is 19.2 Å². The van der Waals surface area contributed by atoms with Gasteiger partial charge in [-0.2, -0.15) is 0 Å². The average Bonchev–Trinajstić information content (AvgIpc) is 3.44. The molecule has 1 aromatic carbocycles. The first-order valence-corrected chi connectivity index (χ1v) is 14.6. The molecule has 0 bridgehead atoms. The number of amides is 3. The summed E-state index contributed by atoms with van der Waals surface area (Å²) in [6, 6.07) is 4.69. The third-order valence-electron chi connectivity index (χ3n) is 8.86. The predicted octanol–water partition coefficient (Wildman–Crippen LogP) is 2.00. The lowest BCUT2D eigenvalue weighted by Gasteiger charge is -2.52. The summed E-state index contributed by atoms with van der Waals surface area (Å²) in [7, 11) is 1.57. The van der Waals surface area contributed by atoms with Gasteiger partial charge < -0.3 is 30.2 Å². The number of nitrogens with one attached hydrogen (secondary N) is 3. The van der Waals surface area contributed by atoms with E-state index in [1.807, 2.05) is 12.1 Å². The predicted molar refractivity (Wildman–Crippen MR) is 150 cm³/mol. The highest BCUT2D eigenvalue weighted by molar-refractivity contribution is 5.98. The molecule has 3 N–H and O–H groups in total. The molecule has 1 aromatic rings. The van der Waals surface area contributed by atoms with Crippen LogP contribution in [0.15, 0.2) is 35.9 Å². The minimum Gasteiger partial charge on any atom is -0.497 e. The lowest BCUT2D eigenvalue weighted by atomic mass is 9.60. The van der Waals surface area contributed by atoms with Crippen molar-refractivity contribution in [2.24, 2.45) is 11.3 Å². The molecular weight excluding hydrogens is 526 g/mol. The molecule has 2 saturated heterocycles. The molecule has 4 aliphatic rings. The zero-order valence-electron chi connectivity index (χ0n) is 24.1. The lowest BCUT2D eigenvalue weighted by Crippen LogP contribution is -2.59. The number of epoxide rings is 1. The molecule has 3 amide bonds. The van der Waals surface area contributed by atoms with E-state index in [1.54, 1.807) is 33.1 Å². The molecule has 10 nitrogen and oxygen atoms in total. The van der Waals surface area contributed by atoms with E-state index in [4.69, 9.17) is 14.2 Å². The maximum absolute atomic E-state index is 13.7. The van der Waals surface area contributed by atoms with Crippen molar-refractivity contribution in [1.29, 1.82) is 0 Å². The van der Waals surface area contributed by atoms with Gasteiger partial charge in [-0.1, -0.05) is 23.8 Å². The number of ketones is 1. The SMILES string of the molecule is COc1ccc(C[C@H](NC(=O)[C@@H](C)NC(=O)C2CC3(COC3)C2)C(=O)N[C@@H](CC2=CCCC2)C(=O)[C@]2(C)CO2)cc1. The molecule has 3 fully saturated rings. The van der Waals surface area contributed by atoms with E-state index in [1.165, 1.54) is 0 Å². The van der Waals surface area contributed by atoms with Gasteiger partial charge in [0.25, 0.3) is 0 Å². The summed E-state index contributed by atoms with van der Waals surface area (Å²) in [5, 5.41) is 8.57. The monoisotopic (exact) mass is 567 g/mol. The average molecular weight is 568 g/mol. The zero-order valence-corrected chi connectivity index (χ0v) is 24.1. The Labute approximate surface area is 240 Å². The summed E-state index contributed by atoms with van der Waals surface area (Å²) >= 11 is 0. The van der Waals surface area contributed by atoms with E-state index in [2.05, 4.69) is 22.0 Å². The number of hydrogen-bond acceptors (Lipinski definition) is 7. The Morgan fingerprint density at radius 1 is 0.976 bits per heavy atom. The second kappa shape index (κ2) is 11.9. The highest BCUT2D eigenvalue weighted by Crippen LogP contribution is 2.50. The molecule has 4 atom stereocenters. The van der Waals surface area contributed by atoms with Crippen LogP contribution < -0.4 is 20.7 Å². The molecule has 2 aliphatic carbocycles. The number of ether oxygens (including phenoxy) is 3. The minimum atomic E-state index is -0.963. The van der Waals surface area contributed by atoms with Crippen molar-refractivity contribution in [2.45, 2.75) is 82.5 Å². The summed E-state index contributed by atoms with van der Waals surface area (Å²) in [6.45, 7) is 5.07. The van der Waals surface area contributed by atoms with Crippen molar-refractivity contribution in [3.63, 3.8) is 0 Å². The van der Waals surface area contributed by atoms with Crippen LogP contribution in [0.1, 0.15) is 57.9 Å². The van der Waals surface area contributed by atoms with Gasteiger partial charge >= 0.3 is 0 Å². The van der Waals surface area contributed by atoms with Gasteiger partial charge in [0.2, 0.25) is 17.7 Å². The second-order valence-corrected chi connectivity index (χ2v) is 12.3. The van der Waals surface area contributed by atoms with Crippen molar-refractivity contribution in [1.82, 2.24) is 16.0 Å². The first-order valence-electron chi connectivity index (χ1n) is 14.6. The van der Waals surface area contributed by atoms with Crippen molar-refractivity contribution in [3.05, 3.63) is 41.5 Å². The normalized spacial score (nSPS) is 24.6. The van der Waals surface area contributed by atoms with Crippen LogP contribution in [0.3, 0.4) is 0 Å². The number of allylic oxidation sites excluding steroid dienone is 1. The summed E-state index contributed by atoms with van der Waals surface area (Å²) in [5.41, 5.74) is 1.20. The number of benzene rings is 1. The van der Waals surface area contributed by atoms with E-state index in [9.17, 15) is 19.2 Å². The number of carbonyl (C=O) groups excluding carboxylic acids is 4. The van der Waals surface area contributed by atoms with Crippen LogP contribution in [-0.4, -0.2) is 74.2 Å². The van der Waals surface area contributed by atoms with Crippen LogP contribution in [0.5, 0.6) is 5.75 Å². The van der Waals surface area contributed by atoms with Crippen molar-refractivity contribution in [3.8, 4) is 5.75 Å². The molecule has 2 aliphatic heterocycles. The Kier molecular flexibility index (Phi) is 8.52. The Balaban J connectivity index is 1.26. The van der Waals surface area contributed by atoms with Crippen LogP contribution in [0.2, 0.25) is 0 Å². The summed E-state index contributed by atoms with van der Waals surface area (Å²) in [5.74, 6) is -0.699. The van der Waals surface area contributed by atoms with Crippen molar-refractivity contribution in [2.75, 3.05) is 26.9 Å². The Morgan fingerprint density at radius 2 is 1.66 bits per heavy atom. The molecule has 0 aromatic heterocycles. The molecular formula is C31H41N3O7. The van der Waals surface area contributed by atoms with Crippen molar-refractivity contribution >= 4 is 23.5 Å². The highest BCUT2D eigenvalue weighted by atomic mass is 16.6. The van der Waals surface area contributed by atoms with Crippen LogP contribution in [-0.2, 0) is 35.1 Å². The summed E-state index contributed by atoms with van der Waals surface area (Å²) in [6.07, 6.45) is 7.19. The summed E-state index contributed by atoms with van der Waals surface area (Å²) in [4.78, 5) is 53.0. The molecule has 0 radical (unpaired) electrons. The fourth-order valence-corrected chi connectivity index (χ4v) is 5.98. The van der Waals surface area contributed by atoms with Gasteiger partial charge in [0.15, 0.2) is 5.78 Å². The maximum Gasteiger partial charge on any atom is 0.243 e. The molecule has 222 valence electrons. The molecule has 1 spiro atoms. The van der Waals surface area contributed by atoms with E-state index in [0.29, 0.717) is 32.0 Å². The molecule has 2 heterocycles. The third kappa shape index (κ3) is 6.81. The second-order valence-electron chi connectivity index (χ2n) is 12.3. The van der Waals surface area contributed by atoms with Gasteiger partial charge in [0, 0.05) is 17.8 Å². The van der Waals surface area contributed by atoms with Gasteiger partial charge in [0.1, 0.15) is 23.4 Å². The number of rotatable bonds is 13. The smallest absolute Gasteiger partial charge is 0.243 e. The maximum atomic E-state index is 13.7. The standard InChI is InChI=1S/C31H41N3O7/c1-19(32-28(37)22-14-31(15-22)17-40-18-31)27(36)34-25(13-21-8-10-23(39-3)11-9-21)29(38)33-24(12-20-6-4-5-7-20)26(35)30(2)16-41-30/h6,8-11,19,22,24-25H,4-5,7,12-18H2,1-3H3,(H,32,37)(H,33,38)(H,34,36)/t19-,24+,25+,30+/m1/s1. The van der Waals surface area contributed by atoms with Crippen LogP contribution in [0.4, 0.5) is 0 Å². The first kappa shape index (κ1) is 29.3. The van der Waals surface area contributed by atoms with E-state index < -0.39 is 35.5 Å². The molecule has 0 unspecified atom stereocenters. The largest absolute Gasteiger partial charge is 0.497 e.